The lowest BCUT2D eigenvalue weighted by atomic mass is 10.0. The fraction of sp³-hybridized carbons (Fsp3) is 0.185. The summed E-state index contributed by atoms with van der Waals surface area (Å²) in [6.45, 7) is 2.93. The van der Waals surface area contributed by atoms with Gasteiger partial charge in [0.2, 0.25) is 0 Å². The second-order valence-corrected chi connectivity index (χ2v) is 7.56. The molecule has 4 aromatic rings. The molecule has 0 aliphatic rings. The van der Waals surface area contributed by atoms with Crippen molar-refractivity contribution in [2.45, 2.75) is 26.2 Å². The second kappa shape index (κ2) is 11.5. The van der Waals surface area contributed by atoms with Gasteiger partial charge in [-0.25, -0.2) is 10.4 Å². The fourth-order valence-corrected chi connectivity index (χ4v) is 3.32. The number of nitrogens with one attached hydrogen (secondary N) is 1. The lowest BCUT2D eigenvalue weighted by Crippen LogP contribution is -2.03. The molecule has 0 spiro atoms. The zero-order valence-corrected chi connectivity index (χ0v) is 18.7. The molecule has 0 radical (unpaired) electrons. The molecule has 0 amide bonds. The van der Waals surface area contributed by atoms with E-state index in [2.05, 4.69) is 27.6 Å². The summed E-state index contributed by atoms with van der Waals surface area (Å²) >= 11 is 0. The van der Waals surface area contributed by atoms with E-state index >= 15 is 0 Å². The Bertz CT molecular complexity index is 1160. The maximum atomic E-state index is 5.75. The number of rotatable bonds is 10. The standard InChI is InChI=1S/C27H27N5O/c1-2-3-10-19-33-24-17-15-21(16-18-24)20-28-31-27-29-25(22-11-6-4-7-12-22)26(30-32-27)23-13-8-5-9-14-23/h4-9,11-18,20H,2-3,10,19H2,1H3,(H,29,31,32). The van der Waals surface area contributed by atoms with Gasteiger partial charge in [0.1, 0.15) is 17.1 Å². The SMILES string of the molecule is CCCCCOc1ccc(C=NNc2nnc(-c3ccccc3)c(-c3ccccc3)n2)cc1. The monoisotopic (exact) mass is 437 g/mol. The van der Waals surface area contributed by atoms with Crippen molar-refractivity contribution in [3.8, 4) is 28.3 Å². The Kier molecular flexibility index (Phi) is 7.74. The molecule has 0 aliphatic heterocycles. The van der Waals surface area contributed by atoms with Crippen LogP contribution in [0.5, 0.6) is 5.75 Å². The summed E-state index contributed by atoms with van der Waals surface area (Å²) in [5.41, 5.74) is 7.25. The van der Waals surface area contributed by atoms with E-state index in [9.17, 15) is 0 Å². The van der Waals surface area contributed by atoms with E-state index in [-0.39, 0.29) is 0 Å². The van der Waals surface area contributed by atoms with E-state index in [1.165, 1.54) is 12.8 Å². The minimum absolute atomic E-state index is 0.334. The maximum absolute atomic E-state index is 5.75. The van der Waals surface area contributed by atoms with Crippen molar-refractivity contribution in [1.29, 1.82) is 0 Å². The first kappa shape index (κ1) is 22.1. The predicted molar refractivity (Wildman–Crippen MR) is 133 cm³/mol. The van der Waals surface area contributed by atoms with Crippen molar-refractivity contribution in [1.82, 2.24) is 15.2 Å². The van der Waals surface area contributed by atoms with Gasteiger partial charge < -0.3 is 4.74 Å². The Labute approximate surface area is 194 Å². The fourth-order valence-electron chi connectivity index (χ4n) is 3.32. The van der Waals surface area contributed by atoms with Gasteiger partial charge in [0.05, 0.1) is 12.8 Å². The van der Waals surface area contributed by atoms with Crippen LogP contribution in [0, 0.1) is 0 Å². The summed E-state index contributed by atoms with van der Waals surface area (Å²) in [4.78, 5) is 4.69. The van der Waals surface area contributed by atoms with Crippen molar-refractivity contribution >= 4 is 12.2 Å². The van der Waals surface area contributed by atoms with Crippen molar-refractivity contribution in [2.24, 2.45) is 5.10 Å². The van der Waals surface area contributed by atoms with E-state index in [1.807, 2.05) is 84.9 Å². The lowest BCUT2D eigenvalue weighted by molar-refractivity contribution is 0.306. The smallest absolute Gasteiger partial charge is 0.263 e. The summed E-state index contributed by atoms with van der Waals surface area (Å²) in [6, 6.07) is 27.7. The van der Waals surface area contributed by atoms with Crippen molar-refractivity contribution in [3.05, 3.63) is 90.5 Å². The molecular weight excluding hydrogens is 410 g/mol. The highest BCUT2D eigenvalue weighted by molar-refractivity contribution is 5.80. The first-order valence-electron chi connectivity index (χ1n) is 11.2. The molecule has 1 aromatic heterocycles. The molecule has 1 N–H and O–H groups in total. The highest BCUT2D eigenvalue weighted by Gasteiger charge is 2.13. The molecule has 1 heterocycles. The Morgan fingerprint density at radius 3 is 2.12 bits per heavy atom. The molecule has 0 unspecified atom stereocenters. The topological polar surface area (TPSA) is 72.3 Å². The minimum Gasteiger partial charge on any atom is -0.494 e. The van der Waals surface area contributed by atoms with Crippen LogP contribution in [0.15, 0.2) is 90.0 Å². The van der Waals surface area contributed by atoms with Crippen LogP contribution in [0.2, 0.25) is 0 Å². The lowest BCUT2D eigenvalue weighted by Gasteiger charge is -2.09. The van der Waals surface area contributed by atoms with Gasteiger partial charge in [0, 0.05) is 11.1 Å². The highest BCUT2D eigenvalue weighted by Crippen LogP contribution is 2.28. The number of aromatic nitrogens is 3. The van der Waals surface area contributed by atoms with Gasteiger partial charge in [0.15, 0.2) is 0 Å². The van der Waals surface area contributed by atoms with Gasteiger partial charge >= 0.3 is 0 Å². The quantitative estimate of drug-likeness (QED) is 0.181. The molecule has 166 valence electrons. The number of hydrogen-bond donors (Lipinski definition) is 1. The summed E-state index contributed by atoms with van der Waals surface area (Å²) in [5, 5.41) is 13.0. The maximum Gasteiger partial charge on any atom is 0.263 e. The molecule has 0 saturated heterocycles. The van der Waals surface area contributed by atoms with E-state index < -0.39 is 0 Å². The zero-order chi connectivity index (χ0) is 22.7. The molecule has 6 nitrogen and oxygen atoms in total. The summed E-state index contributed by atoms with van der Waals surface area (Å²) in [6.07, 6.45) is 5.17. The summed E-state index contributed by atoms with van der Waals surface area (Å²) in [7, 11) is 0. The number of nitrogens with zero attached hydrogens (tertiary/aromatic N) is 4. The third-order valence-electron chi connectivity index (χ3n) is 5.06. The van der Waals surface area contributed by atoms with E-state index in [0.717, 1.165) is 46.9 Å². The van der Waals surface area contributed by atoms with Gasteiger partial charge in [-0.1, -0.05) is 80.4 Å². The van der Waals surface area contributed by atoms with E-state index in [1.54, 1.807) is 6.21 Å². The molecule has 0 atom stereocenters. The Hall–Kier alpha value is -4.06. The third-order valence-corrected chi connectivity index (χ3v) is 5.06. The number of anilines is 1. The molecule has 0 saturated carbocycles. The molecule has 3 aromatic carbocycles. The van der Waals surface area contributed by atoms with Crippen LogP contribution in [-0.2, 0) is 0 Å². The van der Waals surface area contributed by atoms with Crippen molar-refractivity contribution in [2.75, 3.05) is 12.0 Å². The van der Waals surface area contributed by atoms with Crippen LogP contribution < -0.4 is 10.2 Å². The highest BCUT2D eigenvalue weighted by atomic mass is 16.5. The normalized spacial score (nSPS) is 10.9. The van der Waals surface area contributed by atoms with Crippen molar-refractivity contribution < 1.29 is 4.74 Å². The zero-order valence-electron chi connectivity index (χ0n) is 18.7. The van der Waals surface area contributed by atoms with Crippen LogP contribution >= 0.6 is 0 Å². The largest absolute Gasteiger partial charge is 0.494 e. The number of unbranched alkanes of at least 4 members (excludes halogenated alkanes) is 2. The molecule has 4 rings (SSSR count). The van der Waals surface area contributed by atoms with Gasteiger partial charge in [-0.3, -0.25) is 0 Å². The average molecular weight is 438 g/mol. The van der Waals surface area contributed by atoms with Gasteiger partial charge in [-0.05, 0) is 36.2 Å². The molecule has 33 heavy (non-hydrogen) atoms. The number of ether oxygens (including phenoxy) is 1. The first-order valence-corrected chi connectivity index (χ1v) is 11.2. The van der Waals surface area contributed by atoms with Gasteiger partial charge in [0.25, 0.3) is 5.95 Å². The van der Waals surface area contributed by atoms with Crippen LogP contribution in [0.25, 0.3) is 22.5 Å². The summed E-state index contributed by atoms with van der Waals surface area (Å²) in [5.74, 6) is 1.20. The molecule has 0 fully saturated rings. The van der Waals surface area contributed by atoms with Crippen LogP contribution in [0.1, 0.15) is 31.7 Å². The Morgan fingerprint density at radius 2 is 1.45 bits per heavy atom. The van der Waals surface area contributed by atoms with E-state index in [0.29, 0.717) is 5.95 Å². The second-order valence-electron chi connectivity index (χ2n) is 7.56. The number of hydrazone groups is 1. The molecule has 0 aliphatic carbocycles. The number of hydrogen-bond acceptors (Lipinski definition) is 6. The number of benzene rings is 3. The molecule has 6 heteroatoms. The van der Waals surface area contributed by atoms with Crippen LogP contribution in [0.4, 0.5) is 5.95 Å². The van der Waals surface area contributed by atoms with Gasteiger partial charge in [-0.15, -0.1) is 10.2 Å². The average Bonchev–Trinajstić information content (AvgIpc) is 2.88. The van der Waals surface area contributed by atoms with Crippen LogP contribution in [-0.4, -0.2) is 28.0 Å². The molecular formula is C27H27N5O. The van der Waals surface area contributed by atoms with Crippen LogP contribution in [0.3, 0.4) is 0 Å². The van der Waals surface area contributed by atoms with E-state index in [4.69, 9.17) is 9.72 Å². The first-order chi connectivity index (χ1) is 16.3. The Balaban J connectivity index is 1.47. The van der Waals surface area contributed by atoms with Gasteiger partial charge in [-0.2, -0.15) is 5.10 Å². The Morgan fingerprint density at radius 1 is 0.788 bits per heavy atom. The predicted octanol–water partition coefficient (Wildman–Crippen LogP) is 6.22. The van der Waals surface area contributed by atoms with Crippen molar-refractivity contribution in [3.63, 3.8) is 0 Å². The third kappa shape index (κ3) is 6.23. The summed E-state index contributed by atoms with van der Waals surface area (Å²) < 4.78 is 5.75. The minimum atomic E-state index is 0.334. The molecule has 0 bridgehead atoms.